The van der Waals surface area contributed by atoms with Gasteiger partial charge in [0.15, 0.2) is 11.6 Å². The van der Waals surface area contributed by atoms with Crippen LogP contribution < -0.4 is 0 Å². The Labute approximate surface area is 370 Å². The number of hydrogen-bond donors (Lipinski definition) is 0. The Morgan fingerprint density at radius 3 is 1.52 bits per heavy atom. The first-order valence-electron chi connectivity index (χ1n) is 21.3. The molecular formula is C57H34N4O2S. The van der Waals surface area contributed by atoms with Gasteiger partial charge in [0.1, 0.15) is 0 Å². The minimum atomic E-state index is -3.74. The molecule has 1 unspecified atom stereocenters. The predicted octanol–water partition coefficient (Wildman–Crippen LogP) is 12.8. The Kier molecular flexibility index (Phi) is 7.81. The molecule has 2 aliphatic carbocycles. The average molecular weight is 839 g/mol. The van der Waals surface area contributed by atoms with Crippen LogP contribution >= 0.6 is 0 Å². The van der Waals surface area contributed by atoms with Crippen molar-refractivity contribution in [2.24, 2.45) is 0 Å². The Bertz CT molecular complexity index is 3680. The number of fused-ring (bicyclic) bond motifs is 15. The van der Waals surface area contributed by atoms with Crippen LogP contribution in [0.15, 0.2) is 216 Å². The molecule has 7 heteroatoms. The van der Waals surface area contributed by atoms with E-state index >= 15 is 0 Å². The fourth-order valence-electron chi connectivity index (χ4n) is 10.4. The molecule has 64 heavy (non-hydrogen) atoms. The van der Waals surface area contributed by atoms with Gasteiger partial charge in [-0.3, -0.25) is 0 Å². The van der Waals surface area contributed by atoms with E-state index in [9.17, 15) is 8.42 Å². The first-order valence-corrected chi connectivity index (χ1v) is 22.8. The van der Waals surface area contributed by atoms with Gasteiger partial charge in [-0.25, -0.2) is 28.4 Å². The Morgan fingerprint density at radius 1 is 0.328 bits per heavy atom. The van der Waals surface area contributed by atoms with Crippen LogP contribution in [0.4, 0.5) is 0 Å². The molecule has 3 heterocycles. The summed E-state index contributed by atoms with van der Waals surface area (Å²) in [5.41, 5.74) is 16.4. The van der Waals surface area contributed by atoms with Crippen molar-refractivity contribution in [3.63, 3.8) is 0 Å². The first-order chi connectivity index (χ1) is 31.5. The van der Waals surface area contributed by atoms with Crippen LogP contribution in [-0.4, -0.2) is 28.4 Å². The summed E-state index contributed by atoms with van der Waals surface area (Å²) in [6.07, 6.45) is 3.60. The van der Waals surface area contributed by atoms with Crippen LogP contribution in [0, 0.1) is 0 Å². The molecule has 0 N–H and O–H groups in total. The summed E-state index contributed by atoms with van der Waals surface area (Å²) in [6.45, 7) is 0. The highest BCUT2D eigenvalue weighted by molar-refractivity contribution is 7.92. The number of rotatable bonds is 4. The lowest BCUT2D eigenvalue weighted by Crippen LogP contribution is -2.29. The van der Waals surface area contributed by atoms with Gasteiger partial charge in [0, 0.05) is 40.2 Å². The van der Waals surface area contributed by atoms with E-state index in [0.717, 1.165) is 94.8 Å². The number of aromatic nitrogens is 4. The molecule has 1 aliphatic heterocycles. The standard InChI is InChI=1S/C57H34N4O2S/c62-64(63)53-26-14-11-23-44(53)46-30-50-45(31-54(46)64)42-22-10-13-25-48(42)57(50)47-24-12-9-21-41(47)39-19-7-8-20-40(39)43-28-27-37(29-49(43)57)52-32-51(35-15-3-1-4-16-35)60-56(61-52)38-33-58-55(59-34-38)36-17-5-2-6-18-36/h1-34H. The maximum Gasteiger partial charge on any atom is 0.207 e. The topological polar surface area (TPSA) is 85.7 Å². The van der Waals surface area contributed by atoms with E-state index in [4.69, 9.17) is 19.9 Å². The van der Waals surface area contributed by atoms with E-state index in [1.165, 1.54) is 0 Å². The summed E-state index contributed by atoms with van der Waals surface area (Å²) < 4.78 is 28.6. The maximum absolute atomic E-state index is 14.3. The maximum atomic E-state index is 14.3. The van der Waals surface area contributed by atoms with Crippen LogP contribution in [0.25, 0.3) is 89.8 Å². The molecule has 1 atom stereocenters. The Morgan fingerprint density at radius 2 is 0.844 bits per heavy atom. The monoisotopic (exact) mass is 838 g/mol. The minimum absolute atomic E-state index is 0.348. The van der Waals surface area contributed by atoms with Gasteiger partial charge in [0.05, 0.1) is 32.2 Å². The smallest absolute Gasteiger partial charge is 0.207 e. The molecular weight excluding hydrogens is 805 g/mol. The van der Waals surface area contributed by atoms with Crippen molar-refractivity contribution in [2.45, 2.75) is 15.2 Å². The lowest BCUT2D eigenvalue weighted by atomic mass is 9.65. The quantitative estimate of drug-likeness (QED) is 0.175. The molecule has 0 saturated heterocycles. The van der Waals surface area contributed by atoms with E-state index in [2.05, 4.69) is 115 Å². The van der Waals surface area contributed by atoms with Gasteiger partial charge in [-0.15, -0.1) is 0 Å². The van der Waals surface area contributed by atoms with E-state index in [1.54, 1.807) is 24.5 Å². The highest BCUT2D eigenvalue weighted by Gasteiger charge is 2.51. The van der Waals surface area contributed by atoms with Crippen molar-refractivity contribution in [3.8, 4) is 89.8 Å². The normalized spacial score (nSPS) is 15.5. The molecule has 0 bridgehead atoms. The summed E-state index contributed by atoms with van der Waals surface area (Å²) in [6, 6.07) is 66.3. The van der Waals surface area contributed by atoms with Crippen LogP contribution in [0.2, 0.25) is 0 Å². The van der Waals surface area contributed by atoms with Crippen LogP contribution in [0.1, 0.15) is 22.3 Å². The number of nitrogens with zero attached hydrogens (tertiary/aromatic N) is 4. The average Bonchev–Trinajstić information content (AvgIpc) is 3.73. The van der Waals surface area contributed by atoms with E-state index in [1.807, 2.05) is 66.7 Å². The molecule has 0 fully saturated rings. The van der Waals surface area contributed by atoms with Gasteiger partial charge in [-0.1, -0.05) is 164 Å². The Hall–Kier alpha value is -8.13. The summed E-state index contributed by atoms with van der Waals surface area (Å²) in [5.74, 6) is 1.15. The largest absolute Gasteiger partial charge is 0.236 e. The third-order valence-electron chi connectivity index (χ3n) is 13.2. The van der Waals surface area contributed by atoms with E-state index in [0.29, 0.717) is 27.0 Å². The fourth-order valence-corrected chi connectivity index (χ4v) is 12.1. The molecule has 0 amide bonds. The lowest BCUT2D eigenvalue weighted by molar-refractivity contribution is 0.598. The summed E-state index contributed by atoms with van der Waals surface area (Å²) in [4.78, 5) is 20.6. The van der Waals surface area contributed by atoms with E-state index in [-0.39, 0.29) is 0 Å². The van der Waals surface area contributed by atoms with Gasteiger partial charge in [-0.05, 0) is 86.0 Å². The van der Waals surface area contributed by atoms with Crippen LogP contribution in [0.5, 0.6) is 0 Å². The highest BCUT2D eigenvalue weighted by Crippen LogP contribution is 2.63. The summed E-state index contributed by atoms with van der Waals surface area (Å²) in [5, 5.41) is 0. The van der Waals surface area contributed by atoms with Gasteiger partial charge in [0.2, 0.25) is 9.84 Å². The Balaban J connectivity index is 1.10. The third kappa shape index (κ3) is 5.16. The molecule has 13 rings (SSSR count). The molecule has 6 nitrogen and oxygen atoms in total. The molecule has 3 aliphatic rings. The van der Waals surface area contributed by atoms with Crippen molar-refractivity contribution >= 4 is 9.84 Å². The van der Waals surface area contributed by atoms with E-state index < -0.39 is 15.3 Å². The van der Waals surface area contributed by atoms with Crippen molar-refractivity contribution in [1.29, 1.82) is 0 Å². The van der Waals surface area contributed by atoms with Crippen LogP contribution in [-0.2, 0) is 15.3 Å². The van der Waals surface area contributed by atoms with Crippen molar-refractivity contribution in [1.82, 2.24) is 19.9 Å². The highest BCUT2D eigenvalue weighted by atomic mass is 32.2. The third-order valence-corrected chi connectivity index (χ3v) is 15.0. The van der Waals surface area contributed by atoms with Crippen LogP contribution in [0.3, 0.4) is 0 Å². The summed E-state index contributed by atoms with van der Waals surface area (Å²) in [7, 11) is -3.74. The van der Waals surface area contributed by atoms with Crippen molar-refractivity contribution in [3.05, 3.63) is 229 Å². The molecule has 2 aromatic heterocycles. The van der Waals surface area contributed by atoms with Gasteiger partial charge in [-0.2, -0.15) is 0 Å². The number of sulfone groups is 1. The molecule has 0 radical (unpaired) electrons. The molecule has 8 aromatic carbocycles. The van der Waals surface area contributed by atoms with Gasteiger partial charge < -0.3 is 0 Å². The zero-order valence-electron chi connectivity index (χ0n) is 34.1. The second-order valence-electron chi connectivity index (χ2n) is 16.5. The molecule has 1 spiro atoms. The second kappa shape index (κ2) is 13.7. The second-order valence-corrected chi connectivity index (χ2v) is 18.4. The summed E-state index contributed by atoms with van der Waals surface area (Å²) >= 11 is 0. The van der Waals surface area contributed by atoms with Crippen molar-refractivity contribution in [2.75, 3.05) is 0 Å². The predicted molar refractivity (Wildman–Crippen MR) is 252 cm³/mol. The van der Waals surface area contributed by atoms with Crippen molar-refractivity contribution < 1.29 is 8.42 Å². The fraction of sp³-hybridized carbons (Fsp3) is 0.0175. The minimum Gasteiger partial charge on any atom is -0.236 e. The molecule has 300 valence electrons. The molecule has 0 saturated carbocycles. The lowest BCUT2D eigenvalue weighted by Gasteiger charge is -2.36. The number of benzene rings is 8. The zero-order chi connectivity index (χ0) is 42.6. The molecule has 10 aromatic rings. The zero-order valence-corrected chi connectivity index (χ0v) is 35.0. The first kappa shape index (κ1) is 36.5. The van der Waals surface area contributed by atoms with Gasteiger partial charge >= 0.3 is 0 Å². The number of hydrogen-bond acceptors (Lipinski definition) is 6. The SMILES string of the molecule is O=S1(=O)c2ccccc2-c2cc3c(cc21)-c1ccccc1C31c2ccccc2-c2ccccc2-c2ccc(-c3cc(-c4ccccc4)nc(-c4cnc(-c5ccccc5)nc4)n3)cc21. The van der Waals surface area contributed by atoms with Gasteiger partial charge in [0.25, 0.3) is 0 Å².